The van der Waals surface area contributed by atoms with Crippen molar-refractivity contribution in [3.05, 3.63) is 0 Å². The van der Waals surface area contributed by atoms with Gasteiger partial charge in [0.05, 0.1) is 0 Å². The molecule has 0 spiro atoms. The van der Waals surface area contributed by atoms with Crippen molar-refractivity contribution in [2.24, 2.45) is 17.3 Å². The van der Waals surface area contributed by atoms with Gasteiger partial charge in [0, 0.05) is 10.4 Å². The maximum Gasteiger partial charge on any atom is 0.0268 e. The Morgan fingerprint density at radius 1 is 1.24 bits per heavy atom. The molecule has 17 heavy (non-hydrogen) atoms. The van der Waals surface area contributed by atoms with Gasteiger partial charge in [-0.05, 0) is 76.2 Å². The number of rotatable bonds is 3. The van der Waals surface area contributed by atoms with Crippen LogP contribution in [0.1, 0.15) is 51.9 Å². The van der Waals surface area contributed by atoms with Gasteiger partial charge in [0.1, 0.15) is 0 Å². The van der Waals surface area contributed by atoms with Gasteiger partial charge in [-0.25, -0.2) is 0 Å². The summed E-state index contributed by atoms with van der Waals surface area (Å²) < 4.78 is 0.532. The molecular formula is C14H25BrClN. The Hall–Kier alpha value is 0.730. The Balaban J connectivity index is 0.00000108. The molecular weight excluding hydrogens is 298 g/mol. The minimum Gasteiger partial charge on any atom is -0.317 e. The van der Waals surface area contributed by atoms with Crippen LogP contribution in [-0.2, 0) is 0 Å². The third-order valence-electron chi connectivity index (χ3n) is 5.34. The Kier molecular flexibility index (Phi) is 3.90. The molecule has 5 atom stereocenters. The maximum absolute atomic E-state index is 4.08. The van der Waals surface area contributed by atoms with Crippen molar-refractivity contribution in [3.63, 3.8) is 0 Å². The molecule has 4 fully saturated rings. The molecule has 0 heterocycles. The fourth-order valence-electron chi connectivity index (χ4n) is 5.33. The molecule has 3 heteroatoms. The fraction of sp³-hybridized carbons (Fsp3) is 1.00. The monoisotopic (exact) mass is 321 g/mol. The summed E-state index contributed by atoms with van der Waals surface area (Å²) in [7, 11) is 2.11. The van der Waals surface area contributed by atoms with E-state index in [1.54, 1.807) is 0 Å². The van der Waals surface area contributed by atoms with E-state index in [4.69, 9.17) is 0 Å². The molecule has 4 saturated carbocycles. The van der Waals surface area contributed by atoms with Crippen molar-refractivity contribution in [3.8, 4) is 0 Å². The van der Waals surface area contributed by atoms with Crippen LogP contribution in [0, 0.1) is 17.3 Å². The molecule has 3 unspecified atom stereocenters. The molecule has 4 bridgehead atoms. The van der Waals surface area contributed by atoms with Crippen LogP contribution in [0.25, 0.3) is 0 Å². The summed E-state index contributed by atoms with van der Waals surface area (Å²) in [5, 5.41) is 3.44. The van der Waals surface area contributed by atoms with Crippen LogP contribution in [-0.4, -0.2) is 17.4 Å². The van der Waals surface area contributed by atoms with E-state index >= 15 is 0 Å². The zero-order chi connectivity index (χ0) is 11.4. The van der Waals surface area contributed by atoms with E-state index in [2.05, 4.69) is 35.2 Å². The standard InChI is InChI=1S/C14H24BrN.ClH/c1-10(16-2)4-13-5-11-3-12(6-13)8-14(15,7-11)9-13;/h10-12,16H,3-9H2,1-2H3;1H/t10?,11-,12+,13?,14?;. The highest BCUT2D eigenvalue weighted by molar-refractivity contribution is 9.10. The van der Waals surface area contributed by atoms with Crippen molar-refractivity contribution >= 4 is 28.3 Å². The third kappa shape index (κ3) is 2.55. The lowest BCUT2D eigenvalue weighted by Gasteiger charge is -2.61. The predicted octanol–water partition coefficient (Wildman–Crippen LogP) is 4.14. The van der Waals surface area contributed by atoms with Crippen LogP contribution in [0.2, 0.25) is 0 Å². The number of hydrogen-bond acceptors (Lipinski definition) is 1. The summed E-state index contributed by atoms with van der Waals surface area (Å²) in [4.78, 5) is 0. The normalized spacial score (nSPS) is 48.9. The molecule has 4 aliphatic rings. The molecule has 1 N–H and O–H groups in total. The Bertz CT molecular complexity index is 280. The third-order valence-corrected chi connectivity index (χ3v) is 6.27. The Labute approximate surface area is 120 Å². The zero-order valence-electron chi connectivity index (χ0n) is 11.0. The van der Waals surface area contributed by atoms with Gasteiger partial charge in [0.25, 0.3) is 0 Å². The molecule has 4 rings (SSSR count). The predicted molar refractivity (Wildman–Crippen MR) is 79.2 cm³/mol. The van der Waals surface area contributed by atoms with E-state index in [0.717, 1.165) is 11.8 Å². The first kappa shape index (κ1) is 14.1. The lowest BCUT2D eigenvalue weighted by atomic mass is 9.48. The van der Waals surface area contributed by atoms with Crippen LogP contribution < -0.4 is 5.32 Å². The van der Waals surface area contributed by atoms with Gasteiger partial charge in [-0.1, -0.05) is 15.9 Å². The lowest BCUT2D eigenvalue weighted by molar-refractivity contribution is -0.0439. The SMILES string of the molecule is CNC(C)CC12C[C@@H]3C[C@@H](CC(Br)(C3)C1)C2.Cl. The molecule has 0 aromatic rings. The molecule has 100 valence electrons. The van der Waals surface area contributed by atoms with E-state index < -0.39 is 0 Å². The molecule has 0 radical (unpaired) electrons. The van der Waals surface area contributed by atoms with Gasteiger partial charge in [-0.2, -0.15) is 0 Å². The highest BCUT2D eigenvalue weighted by atomic mass is 79.9. The van der Waals surface area contributed by atoms with Crippen molar-refractivity contribution in [2.75, 3.05) is 7.05 Å². The van der Waals surface area contributed by atoms with Crippen molar-refractivity contribution in [1.82, 2.24) is 5.32 Å². The van der Waals surface area contributed by atoms with Crippen LogP contribution in [0.15, 0.2) is 0 Å². The molecule has 0 amide bonds. The maximum atomic E-state index is 4.08. The number of alkyl halides is 1. The molecule has 0 saturated heterocycles. The largest absolute Gasteiger partial charge is 0.317 e. The van der Waals surface area contributed by atoms with Crippen molar-refractivity contribution < 1.29 is 0 Å². The first-order valence-corrected chi connectivity index (χ1v) is 7.68. The lowest BCUT2D eigenvalue weighted by Crippen LogP contribution is -2.54. The average Bonchev–Trinajstić information content (AvgIpc) is 2.12. The first-order valence-electron chi connectivity index (χ1n) is 6.89. The first-order chi connectivity index (χ1) is 7.53. The summed E-state index contributed by atoms with van der Waals surface area (Å²) in [6.45, 7) is 2.35. The molecule has 0 aromatic heterocycles. The fourth-order valence-corrected chi connectivity index (χ4v) is 6.84. The zero-order valence-corrected chi connectivity index (χ0v) is 13.4. The highest BCUT2D eigenvalue weighted by Crippen LogP contribution is 2.65. The molecule has 0 aliphatic heterocycles. The topological polar surface area (TPSA) is 12.0 Å². The van der Waals surface area contributed by atoms with E-state index in [0.29, 0.717) is 15.8 Å². The Morgan fingerprint density at radius 2 is 1.82 bits per heavy atom. The van der Waals surface area contributed by atoms with Crippen molar-refractivity contribution in [2.45, 2.75) is 62.2 Å². The van der Waals surface area contributed by atoms with Gasteiger partial charge in [0.2, 0.25) is 0 Å². The van der Waals surface area contributed by atoms with Crippen LogP contribution in [0.3, 0.4) is 0 Å². The summed E-state index contributed by atoms with van der Waals surface area (Å²) >= 11 is 4.08. The van der Waals surface area contributed by atoms with Gasteiger partial charge in [-0.3, -0.25) is 0 Å². The highest BCUT2D eigenvalue weighted by Gasteiger charge is 2.56. The van der Waals surface area contributed by atoms with E-state index in [1.807, 2.05) is 0 Å². The molecule has 0 aromatic carbocycles. The summed E-state index contributed by atoms with van der Waals surface area (Å²) in [6.07, 6.45) is 10.3. The number of nitrogens with one attached hydrogen (secondary N) is 1. The second-order valence-electron chi connectivity index (χ2n) is 7.01. The smallest absolute Gasteiger partial charge is 0.0268 e. The second-order valence-corrected chi connectivity index (χ2v) is 8.69. The summed E-state index contributed by atoms with van der Waals surface area (Å²) in [5.74, 6) is 2.06. The second kappa shape index (κ2) is 4.68. The minimum atomic E-state index is 0. The minimum absolute atomic E-state index is 0. The van der Waals surface area contributed by atoms with Crippen molar-refractivity contribution in [1.29, 1.82) is 0 Å². The number of halogens is 2. The van der Waals surface area contributed by atoms with Crippen LogP contribution in [0.5, 0.6) is 0 Å². The number of hydrogen-bond donors (Lipinski definition) is 1. The average molecular weight is 323 g/mol. The summed E-state index contributed by atoms with van der Waals surface area (Å²) in [6, 6.07) is 0.687. The van der Waals surface area contributed by atoms with E-state index in [1.165, 1.54) is 44.9 Å². The quantitative estimate of drug-likeness (QED) is 0.770. The molecule has 1 nitrogen and oxygen atoms in total. The van der Waals surface area contributed by atoms with E-state index in [-0.39, 0.29) is 12.4 Å². The van der Waals surface area contributed by atoms with Gasteiger partial charge in [0.15, 0.2) is 0 Å². The van der Waals surface area contributed by atoms with Crippen LogP contribution in [0.4, 0.5) is 0 Å². The Morgan fingerprint density at radius 3 is 2.29 bits per heavy atom. The van der Waals surface area contributed by atoms with Crippen LogP contribution >= 0.6 is 28.3 Å². The van der Waals surface area contributed by atoms with E-state index in [9.17, 15) is 0 Å². The van der Waals surface area contributed by atoms with Gasteiger partial charge in [-0.15, -0.1) is 12.4 Å². The van der Waals surface area contributed by atoms with Gasteiger partial charge >= 0.3 is 0 Å². The molecule has 4 aliphatic carbocycles. The van der Waals surface area contributed by atoms with Gasteiger partial charge < -0.3 is 5.32 Å². The summed E-state index contributed by atoms with van der Waals surface area (Å²) in [5.41, 5.74) is 0.677.